The van der Waals surface area contributed by atoms with E-state index in [9.17, 15) is 0 Å². The van der Waals surface area contributed by atoms with Crippen LogP contribution in [0, 0.1) is 19.3 Å². The molecule has 0 atom stereocenters. The first-order valence-corrected chi connectivity index (χ1v) is 7.57. The molecule has 0 amide bonds. The van der Waals surface area contributed by atoms with Crippen LogP contribution in [0.4, 0.5) is 0 Å². The Hall–Kier alpha value is -2.29. The maximum atomic E-state index is 7.82. The zero-order valence-electron chi connectivity index (χ0n) is 13.5. The lowest BCUT2D eigenvalue weighted by Gasteiger charge is -2.16. The molecule has 0 aliphatic rings. The van der Waals surface area contributed by atoms with Crippen molar-refractivity contribution in [3.63, 3.8) is 0 Å². The summed E-state index contributed by atoms with van der Waals surface area (Å²) < 4.78 is 11.3. The summed E-state index contributed by atoms with van der Waals surface area (Å²) in [7, 11) is 0. The van der Waals surface area contributed by atoms with Crippen molar-refractivity contribution in [2.75, 3.05) is 6.61 Å². The Morgan fingerprint density at radius 1 is 1.05 bits per heavy atom. The molecule has 0 heterocycles. The Labute approximate surface area is 132 Å². The minimum absolute atomic E-state index is 0.295. The summed E-state index contributed by atoms with van der Waals surface area (Å²) in [6, 6.07) is 14.2. The van der Waals surface area contributed by atoms with Gasteiger partial charge in [-0.25, -0.2) is 0 Å². The van der Waals surface area contributed by atoms with E-state index in [1.165, 1.54) is 0 Å². The second-order valence-electron chi connectivity index (χ2n) is 5.30. The zero-order valence-corrected chi connectivity index (χ0v) is 13.5. The van der Waals surface area contributed by atoms with Gasteiger partial charge in [-0.1, -0.05) is 42.5 Å². The molecule has 116 valence electrons. The number of aryl methyl sites for hydroxylation is 1. The second-order valence-corrected chi connectivity index (χ2v) is 5.30. The molecule has 0 spiro atoms. The Balaban J connectivity index is 2.14. The van der Waals surface area contributed by atoms with Gasteiger partial charge >= 0.3 is 0 Å². The minimum Gasteiger partial charge on any atom is -0.488 e. The third kappa shape index (κ3) is 4.10. The monoisotopic (exact) mass is 297 g/mol. The SMILES string of the molecule is CCOC(=N)Cc1ccc(C)c(OCc2ccccc2)c1C. The number of nitrogens with one attached hydrogen (secondary N) is 1. The maximum absolute atomic E-state index is 7.82. The molecule has 3 heteroatoms. The van der Waals surface area contributed by atoms with Gasteiger partial charge in [-0.2, -0.15) is 0 Å². The van der Waals surface area contributed by atoms with Crippen LogP contribution in [-0.4, -0.2) is 12.5 Å². The van der Waals surface area contributed by atoms with Gasteiger partial charge in [-0.15, -0.1) is 0 Å². The van der Waals surface area contributed by atoms with Crippen molar-refractivity contribution in [2.24, 2.45) is 0 Å². The van der Waals surface area contributed by atoms with E-state index in [4.69, 9.17) is 14.9 Å². The Bertz CT molecular complexity index is 635. The van der Waals surface area contributed by atoms with Crippen LogP contribution < -0.4 is 4.74 Å². The summed E-state index contributed by atoms with van der Waals surface area (Å²) in [6.07, 6.45) is 0.502. The van der Waals surface area contributed by atoms with Crippen molar-refractivity contribution >= 4 is 5.90 Å². The van der Waals surface area contributed by atoms with E-state index < -0.39 is 0 Å². The smallest absolute Gasteiger partial charge is 0.184 e. The van der Waals surface area contributed by atoms with E-state index >= 15 is 0 Å². The molecular formula is C19H23NO2. The molecule has 2 aromatic carbocycles. The van der Waals surface area contributed by atoms with Crippen molar-refractivity contribution in [3.8, 4) is 5.75 Å². The maximum Gasteiger partial charge on any atom is 0.184 e. The fourth-order valence-electron chi connectivity index (χ4n) is 2.41. The normalized spacial score (nSPS) is 10.3. The van der Waals surface area contributed by atoms with Gasteiger partial charge in [-0.3, -0.25) is 5.41 Å². The molecular weight excluding hydrogens is 274 g/mol. The van der Waals surface area contributed by atoms with Gasteiger partial charge in [0.2, 0.25) is 0 Å². The topological polar surface area (TPSA) is 42.3 Å². The number of ether oxygens (including phenoxy) is 2. The molecule has 2 rings (SSSR count). The van der Waals surface area contributed by atoms with E-state index in [0.717, 1.165) is 28.0 Å². The first kappa shape index (κ1) is 16.1. The molecule has 22 heavy (non-hydrogen) atoms. The number of hydrogen-bond donors (Lipinski definition) is 1. The van der Waals surface area contributed by atoms with Crippen molar-refractivity contribution in [2.45, 2.75) is 33.8 Å². The predicted octanol–water partition coefficient (Wildman–Crippen LogP) is 4.44. The van der Waals surface area contributed by atoms with Crippen LogP contribution in [0.15, 0.2) is 42.5 Å². The molecule has 0 bridgehead atoms. The highest BCUT2D eigenvalue weighted by Gasteiger charge is 2.11. The highest BCUT2D eigenvalue weighted by Crippen LogP contribution is 2.27. The summed E-state index contributed by atoms with van der Waals surface area (Å²) in [6.45, 7) is 7.06. The lowest BCUT2D eigenvalue weighted by Crippen LogP contribution is -2.09. The number of rotatable bonds is 6. The van der Waals surface area contributed by atoms with E-state index in [-0.39, 0.29) is 0 Å². The van der Waals surface area contributed by atoms with E-state index in [2.05, 4.69) is 12.1 Å². The van der Waals surface area contributed by atoms with Gasteiger partial charge in [0.05, 0.1) is 6.61 Å². The van der Waals surface area contributed by atoms with Crippen LogP contribution in [-0.2, 0) is 17.8 Å². The van der Waals surface area contributed by atoms with Gasteiger partial charge in [0.1, 0.15) is 12.4 Å². The summed E-state index contributed by atoms with van der Waals surface area (Å²) in [5.41, 5.74) is 4.42. The first-order valence-electron chi connectivity index (χ1n) is 7.57. The minimum atomic E-state index is 0.295. The van der Waals surface area contributed by atoms with Crippen molar-refractivity contribution in [1.82, 2.24) is 0 Å². The van der Waals surface area contributed by atoms with Gasteiger partial charge < -0.3 is 9.47 Å². The molecule has 0 fully saturated rings. The summed E-state index contributed by atoms with van der Waals surface area (Å²) in [4.78, 5) is 0. The second kappa shape index (κ2) is 7.64. The van der Waals surface area contributed by atoms with E-state index in [1.54, 1.807) is 0 Å². The summed E-state index contributed by atoms with van der Waals surface area (Å²) >= 11 is 0. The quantitative estimate of drug-likeness (QED) is 0.632. The highest BCUT2D eigenvalue weighted by molar-refractivity contribution is 5.76. The van der Waals surface area contributed by atoms with Crippen LogP contribution in [0.1, 0.15) is 29.2 Å². The van der Waals surface area contributed by atoms with Crippen LogP contribution in [0.25, 0.3) is 0 Å². The average Bonchev–Trinajstić information content (AvgIpc) is 2.51. The lowest BCUT2D eigenvalue weighted by molar-refractivity contribution is 0.301. The molecule has 0 saturated carbocycles. The lowest BCUT2D eigenvalue weighted by atomic mass is 10.0. The largest absolute Gasteiger partial charge is 0.488 e. The predicted molar refractivity (Wildman–Crippen MR) is 89.7 cm³/mol. The standard InChI is InChI=1S/C19H23NO2/c1-4-21-18(20)12-17-11-10-14(2)19(15(17)3)22-13-16-8-6-5-7-9-16/h5-11,20H,4,12-13H2,1-3H3. The molecule has 0 unspecified atom stereocenters. The summed E-state index contributed by atoms with van der Waals surface area (Å²) in [5.74, 6) is 1.20. The van der Waals surface area contributed by atoms with Crippen molar-refractivity contribution in [1.29, 1.82) is 5.41 Å². The molecule has 0 aromatic heterocycles. The summed E-state index contributed by atoms with van der Waals surface area (Å²) in [5, 5.41) is 7.82. The van der Waals surface area contributed by atoms with Crippen LogP contribution >= 0.6 is 0 Å². The fraction of sp³-hybridized carbons (Fsp3) is 0.316. The molecule has 0 aliphatic heterocycles. The average molecular weight is 297 g/mol. The molecule has 0 saturated heterocycles. The van der Waals surface area contributed by atoms with Crippen LogP contribution in [0.5, 0.6) is 5.75 Å². The van der Waals surface area contributed by atoms with E-state index in [1.807, 2.05) is 51.1 Å². The Morgan fingerprint density at radius 2 is 1.77 bits per heavy atom. The number of hydrogen-bond acceptors (Lipinski definition) is 3. The van der Waals surface area contributed by atoms with Gasteiger partial charge in [-0.05, 0) is 43.0 Å². The third-order valence-corrected chi connectivity index (χ3v) is 3.61. The Kier molecular flexibility index (Phi) is 5.59. The fourth-order valence-corrected chi connectivity index (χ4v) is 2.41. The van der Waals surface area contributed by atoms with Gasteiger partial charge in [0.25, 0.3) is 0 Å². The zero-order chi connectivity index (χ0) is 15.9. The molecule has 2 aromatic rings. The van der Waals surface area contributed by atoms with E-state index in [0.29, 0.717) is 25.5 Å². The van der Waals surface area contributed by atoms with Gasteiger partial charge in [0.15, 0.2) is 5.90 Å². The van der Waals surface area contributed by atoms with Crippen molar-refractivity contribution in [3.05, 3.63) is 64.7 Å². The molecule has 0 aliphatic carbocycles. The van der Waals surface area contributed by atoms with Crippen molar-refractivity contribution < 1.29 is 9.47 Å². The number of benzene rings is 2. The van der Waals surface area contributed by atoms with Gasteiger partial charge in [0, 0.05) is 6.42 Å². The van der Waals surface area contributed by atoms with Crippen LogP contribution in [0.3, 0.4) is 0 Å². The molecule has 1 N–H and O–H groups in total. The first-order chi connectivity index (χ1) is 10.6. The molecule has 0 radical (unpaired) electrons. The highest BCUT2D eigenvalue weighted by atomic mass is 16.5. The molecule has 3 nitrogen and oxygen atoms in total. The third-order valence-electron chi connectivity index (χ3n) is 3.61. The Morgan fingerprint density at radius 3 is 2.45 bits per heavy atom. The van der Waals surface area contributed by atoms with Crippen LogP contribution in [0.2, 0.25) is 0 Å².